The lowest BCUT2D eigenvalue weighted by Gasteiger charge is -2.21. The molecule has 1 aliphatic rings. The second-order valence-corrected chi connectivity index (χ2v) is 4.77. The van der Waals surface area contributed by atoms with Gasteiger partial charge in [0.1, 0.15) is 5.82 Å². The number of aromatic nitrogens is 1. The number of hydrogen-bond donors (Lipinski definition) is 1. The van der Waals surface area contributed by atoms with Crippen LogP contribution in [0.5, 0.6) is 0 Å². The van der Waals surface area contributed by atoms with Crippen LogP contribution >= 0.6 is 0 Å². The molecule has 94 valence electrons. The zero-order chi connectivity index (χ0) is 12.3. The fourth-order valence-corrected chi connectivity index (χ4v) is 2.11. The number of rotatable bonds is 2. The molecule has 0 saturated carbocycles. The molecule has 4 heteroatoms. The van der Waals surface area contributed by atoms with Crippen LogP contribution in [0, 0.1) is 0 Å². The minimum Gasteiger partial charge on any atom is -0.389 e. The minimum atomic E-state index is -0.438. The smallest absolute Gasteiger partial charge is 0.128 e. The maximum absolute atomic E-state index is 9.44. The first-order valence-electron chi connectivity index (χ1n) is 6.24. The van der Waals surface area contributed by atoms with Gasteiger partial charge in [-0.2, -0.15) is 0 Å². The lowest BCUT2D eigenvalue weighted by atomic mass is 10.2. The van der Waals surface area contributed by atoms with Gasteiger partial charge in [0.15, 0.2) is 0 Å². The Morgan fingerprint density at radius 2 is 2.06 bits per heavy atom. The molecule has 0 aliphatic carbocycles. The fourth-order valence-electron chi connectivity index (χ4n) is 2.11. The Hall–Kier alpha value is -1.13. The van der Waals surface area contributed by atoms with Gasteiger partial charge in [-0.3, -0.25) is 0 Å². The quantitative estimate of drug-likeness (QED) is 0.838. The van der Waals surface area contributed by atoms with Gasteiger partial charge >= 0.3 is 0 Å². The molecule has 4 nitrogen and oxygen atoms in total. The number of aliphatic hydroxyl groups is 1. The van der Waals surface area contributed by atoms with Gasteiger partial charge in [-0.1, -0.05) is 6.07 Å². The van der Waals surface area contributed by atoms with Gasteiger partial charge < -0.3 is 14.9 Å². The summed E-state index contributed by atoms with van der Waals surface area (Å²) in [5.74, 6) is 1.02. The number of likely N-dealkylation sites (N-methyl/N-ethyl adjacent to an activating group) is 1. The molecule has 2 heterocycles. The van der Waals surface area contributed by atoms with E-state index in [1.807, 2.05) is 12.1 Å². The fraction of sp³-hybridized carbons (Fsp3) is 0.615. The van der Waals surface area contributed by atoms with E-state index >= 15 is 0 Å². The van der Waals surface area contributed by atoms with E-state index in [9.17, 15) is 5.11 Å². The van der Waals surface area contributed by atoms with Crippen LogP contribution in [0.4, 0.5) is 5.82 Å². The SMILES string of the molecule is CC(O)c1ccc(N2CCCN(C)CC2)nc1. The summed E-state index contributed by atoms with van der Waals surface area (Å²) in [6.45, 7) is 6.09. The molecular weight excluding hydrogens is 214 g/mol. The number of hydrogen-bond acceptors (Lipinski definition) is 4. The average molecular weight is 235 g/mol. The van der Waals surface area contributed by atoms with E-state index in [0.717, 1.165) is 37.6 Å². The average Bonchev–Trinajstić information content (AvgIpc) is 2.54. The predicted octanol–water partition coefficient (Wildman–Crippen LogP) is 1.28. The Labute approximate surface area is 103 Å². The lowest BCUT2D eigenvalue weighted by Crippen LogP contribution is -2.29. The zero-order valence-corrected chi connectivity index (χ0v) is 10.6. The molecule has 0 radical (unpaired) electrons. The third-order valence-electron chi connectivity index (χ3n) is 3.30. The molecular formula is C13H21N3O. The molecule has 1 aliphatic heterocycles. The second kappa shape index (κ2) is 5.47. The van der Waals surface area contributed by atoms with Crippen molar-refractivity contribution in [3.05, 3.63) is 23.9 Å². The van der Waals surface area contributed by atoms with Crippen molar-refractivity contribution >= 4 is 5.82 Å². The highest BCUT2D eigenvalue weighted by Gasteiger charge is 2.13. The Morgan fingerprint density at radius 1 is 1.24 bits per heavy atom. The molecule has 0 spiro atoms. The summed E-state index contributed by atoms with van der Waals surface area (Å²) >= 11 is 0. The van der Waals surface area contributed by atoms with Gasteiger partial charge in [0.2, 0.25) is 0 Å². The highest BCUT2D eigenvalue weighted by Crippen LogP contribution is 2.17. The van der Waals surface area contributed by atoms with Crippen LogP contribution in [0.15, 0.2) is 18.3 Å². The first kappa shape index (κ1) is 12.3. The van der Waals surface area contributed by atoms with Crippen molar-refractivity contribution in [1.82, 2.24) is 9.88 Å². The Kier molecular flexibility index (Phi) is 3.97. The van der Waals surface area contributed by atoms with Crippen molar-refractivity contribution in [2.45, 2.75) is 19.4 Å². The van der Waals surface area contributed by atoms with Crippen LogP contribution in [-0.2, 0) is 0 Å². The Morgan fingerprint density at radius 3 is 2.71 bits per heavy atom. The Bertz CT molecular complexity index is 350. The molecule has 1 unspecified atom stereocenters. The van der Waals surface area contributed by atoms with Crippen molar-refractivity contribution in [2.24, 2.45) is 0 Å². The summed E-state index contributed by atoms with van der Waals surface area (Å²) in [4.78, 5) is 9.10. The monoisotopic (exact) mass is 235 g/mol. The largest absolute Gasteiger partial charge is 0.389 e. The van der Waals surface area contributed by atoms with Crippen LogP contribution in [0.2, 0.25) is 0 Å². The standard InChI is InChI=1S/C13H21N3O/c1-11(17)12-4-5-13(14-10-12)16-7-3-6-15(2)8-9-16/h4-5,10-11,17H,3,6-9H2,1-2H3. The van der Waals surface area contributed by atoms with Crippen molar-refractivity contribution in [3.63, 3.8) is 0 Å². The maximum atomic E-state index is 9.44. The molecule has 1 aromatic heterocycles. The number of aliphatic hydroxyl groups excluding tert-OH is 1. The van der Waals surface area contributed by atoms with E-state index in [1.54, 1.807) is 13.1 Å². The van der Waals surface area contributed by atoms with Gasteiger partial charge in [0.05, 0.1) is 6.10 Å². The third kappa shape index (κ3) is 3.17. The van der Waals surface area contributed by atoms with Gasteiger partial charge in [0, 0.05) is 25.8 Å². The predicted molar refractivity (Wildman–Crippen MR) is 69.2 cm³/mol. The minimum absolute atomic E-state index is 0.438. The topological polar surface area (TPSA) is 39.6 Å². The molecule has 0 bridgehead atoms. The molecule has 0 aromatic carbocycles. The maximum Gasteiger partial charge on any atom is 0.128 e. The van der Waals surface area contributed by atoms with E-state index in [2.05, 4.69) is 21.8 Å². The molecule has 1 aromatic rings. The van der Waals surface area contributed by atoms with Crippen molar-refractivity contribution in [2.75, 3.05) is 38.1 Å². The van der Waals surface area contributed by atoms with Crippen LogP contribution < -0.4 is 4.90 Å². The molecule has 1 fully saturated rings. The number of pyridine rings is 1. The van der Waals surface area contributed by atoms with Crippen molar-refractivity contribution < 1.29 is 5.11 Å². The van der Waals surface area contributed by atoms with Crippen molar-refractivity contribution in [1.29, 1.82) is 0 Å². The molecule has 1 N–H and O–H groups in total. The first-order valence-corrected chi connectivity index (χ1v) is 6.24. The molecule has 1 atom stereocenters. The van der Waals surface area contributed by atoms with E-state index in [-0.39, 0.29) is 0 Å². The van der Waals surface area contributed by atoms with Crippen LogP contribution in [0.3, 0.4) is 0 Å². The van der Waals surface area contributed by atoms with E-state index in [0.29, 0.717) is 0 Å². The zero-order valence-electron chi connectivity index (χ0n) is 10.6. The summed E-state index contributed by atoms with van der Waals surface area (Å²) in [5, 5.41) is 9.44. The van der Waals surface area contributed by atoms with E-state index in [1.165, 1.54) is 6.42 Å². The highest BCUT2D eigenvalue weighted by atomic mass is 16.3. The van der Waals surface area contributed by atoms with Gasteiger partial charge in [-0.05, 0) is 38.6 Å². The van der Waals surface area contributed by atoms with Crippen LogP contribution in [0.25, 0.3) is 0 Å². The van der Waals surface area contributed by atoms with Gasteiger partial charge in [0.25, 0.3) is 0 Å². The summed E-state index contributed by atoms with van der Waals surface area (Å²) in [5.41, 5.74) is 0.876. The molecule has 17 heavy (non-hydrogen) atoms. The summed E-state index contributed by atoms with van der Waals surface area (Å²) < 4.78 is 0. The molecule has 2 rings (SSSR count). The Balaban J connectivity index is 2.06. The van der Waals surface area contributed by atoms with E-state index < -0.39 is 6.10 Å². The van der Waals surface area contributed by atoms with Crippen LogP contribution in [0.1, 0.15) is 25.0 Å². The summed E-state index contributed by atoms with van der Waals surface area (Å²) in [6, 6.07) is 3.97. The summed E-state index contributed by atoms with van der Waals surface area (Å²) in [7, 11) is 2.16. The number of anilines is 1. The first-order chi connectivity index (χ1) is 8.16. The normalized spacial score (nSPS) is 20.1. The summed E-state index contributed by atoms with van der Waals surface area (Å²) in [6.07, 6.45) is 2.51. The second-order valence-electron chi connectivity index (χ2n) is 4.77. The molecule has 0 amide bonds. The van der Waals surface area contributed by atoms with Crippen LogP contribution in [-0.4, -0.2) is 48.2 Å². The number of nitrogens with zero attached hydrogens (tertiary/aromatic N) is 3. The van der Waals surface area contributed by atoms with Gasteiger partial charge in [-0.15, -0.1) is 0 Å². The van der Waals surface area contributed by atoms with Gasteiger partial charge in [-0.25, -0.2) is 4.98 Å². The van der Waals surface area contributed by atoms with E-state index in [4.69, 9.17) is 0 Å². The molecule has 1 saturated heterocycles. The highest BCUT2D eigenvalue weighted by molar-refractivity contribution is 5.39. The lowest BCUT2D eigenvalue weighted by molar-refractivity contribution is 0.199. The van der Waals surface area contributed by atoms with Crippen molar-refractivity contribution in [3.8, 4) is 0 Å². The third-order valence-corrected chi connectivity index (χ3v) is 3.30.